The smallest absolute Gasteiger partial charge is 0.307 e. The van der Waals surface area contributed by atoms with Gasteiger partial charge >= 0.3 is 5.97 Å². The van der Waals surface area contributed by atoms with Crippen LogP contribution in [0.25, 0.3) is 0 Å². The molecule has 0 heterocycles. The van der Waals surface area contributed by atoms with Gasteiger partial charge in [0.2, 0.25) is 0 Å². The maximum Gasteiger partial charge on any atom is 0.307 e. The van der Waals surface area contributed by atoms with E-state index in [1.54, 1.807) is 0 Å². The summed E-state index contributed by atoms with van der Waals surface area (Å²) in [7, 11) is 0. The molecule has 1 aliphatic carbocycles. The number of ether oxygens (including phenoxy) is 1. The van der Waals surface area contributed by atoms with Crippen molar-refractivity contribution in [3.63, 3.8) is 0 Å². The van der Waals surface area contributed by atoms with Gasteiger partial charge in [0.1, 0.15) is 0 Å². The van der Waals surface area contributed by atoms with Gasteiger partial charge in [-0.2, -0.15) is 0 Å². The predicted molar refractivity (Wildman–Crippen MR) is 65.3 cm³/mol. The van der Waals surface area contributed by atoms with Crippen molar-refractivity contribution in [2.24, 2.45) is 5.92 Å². The van der Waals surface area contributed by atoms with Crippen LogP contribution in [-0.4, -0.2) is 24.7 Å². The molecule has 0 aliphatic heterocycles. The van der Waals surface area contributed by atoms with E-state index in [4.69, 9.17) is 4.74 Å². The highest BCUT2D eigenvalue weighted by molar-refractivity contribution is 5.70. The molecule has 3 nitrogen and oxygen atoms in total. The molecule has 0 aromatic rings. The summed E-state index contributed by atoms with van der Waals surface area (Å²) in [5.74, 6) is 0.700. The van der Waals surface area contributed by atoms with Gasteiger partial charge in [0.25, 0.3) is 0 Å². The fraction of sp³-hybridized carbons (Fsp3) is 0.923. The first-order valence-electron chi connectivity index (χ1n) is 6.55. The Morgan fingerprint density at radius 1 is 1.38 bits per heavy atom. The van der Waals surface area contributed by atoms with E-state index >= 15 is 0 Å². The number of carbonyl (C=O) groups excluding carboxylic acids is 1. The van der Waals surface area contributed by atoms with Gasteiger partial charge in [-0.25, -0.2) is 0 Å². The summed E-state index contributed by atoms with van der Waals surface area (Å²) in [6.45, 7) is 6.61. The van der Waals surface area contributed by atoms with E-state index in [9.17, 15) is 4.79 Å². The van der Waals surface area contributed by atoms with E-state index < -0.39 is 0 Å². The minimum absolute atomic E-state index is 0.0962. The highest BCUT2D eigenvalue weighted by Gasteiger charge is 2.23. The molecule has 1 N–H and O–H groups in total. The second-order valence-electron chi connectivity index (χ2n) is 4.91. The number of nitrogens with one attached hydrogen (secondary N) is 1. The zero-order chi connectivity index (χ0) is 12.0. The van der Waals surface area contributed by atoms with Crippen LogP contribution in [0.2, 0.25) is 0 Å². The Kier molecular flexibility index (Phi) is 5.81. The summed E-state index contributed by atoms with van der Waals surface area (Å²) in [5.41, 5.74) is 0. The highest BCUT2D eigenvalue weighted by Crippen LogP contribution is 2.27. The molecule has 0 bridgehead atoms. The fourth-order valence-corrected chi connectivity index (χ4v) is 2.57. The van der Waals surface area contributed by atoms with E-state index in [0.29, 0.717) is 19.1 Å². The fourth-order valence-electron chi connectivity index (χ4n) is 2.57. The lowest BCUT2D eigenvalue weighted by molar-refractivity contribution is -0.143. The van der Waals surface area contributed by atoms with Crippen LogP contribution in [0.3, 0.4) is 0 Å². The number of carbonyl (C=O) groups is 1. The molecule has 1 fully saturated rings. The SMILES string of the molecule is CCOC(=O)CC(C)N[C@H](C)C1CCCC1. The molecule has 0 aromatic heterocycles. The van der Waals surface area contributed by atoms with Crippen molar-refractivity contribution < 1.29 is 9.53 Å². The Hall–Kier alpha value is -0.570. The first kappa shape index (κ1) is 13.5. The topological polar surface area (TPSA) is 38.3 Å². The summed E-state index contributed by atoms with van der Waals surface area (Å²) < 4.78 is 4.94. The minimum atomic E-state index is -0.0962. The zero-order valence-electron chi connectivity index (χ0n) is 10.8. The Labute approximate surface area is 98.9 Å². The molecule has 0 spiro atoms. The number of rotatable bonds is 6. The molecule has 0 amide bonds. The normalized spacial score (nSPS) is 20.7. The average Bonchev–Trinajstić information content (AvgIpc) is 2.69. The molecule has 1 aliphatic rings. The van der Waals surface area contributed by atoms with Gasteiger partial charge in [0.15, 0.2) is 0 Å². The van der Waals surface area contributed by atoms with Crippen molar-refractivity contribution in [3.05, 3.63) is 0 Å². The molecule has 1 rings (SSSR count). The van der Waals surface area contributed by atoms with Crippen LogP contribution in [0.1, 0.15) is 52.9 Å². The molecule has 3 heteroatoms. The zero-order valence-corrected chi connectivity index (χ0v) is 10.8. The van der Waals surface area contributed by atoms with Crippen LogP contribution in [0, 0.1) is 5.92 Å². The van der Waals surface area contributed by atoms with Crippen LogP contribution in [-0.2, 0) is 9.53 Å². The van der Waals surface area contributed by atoms with Crippen LogP contribution >= 0.6 is 0 Å². The van der Waals surface area contributed by atoms with E-state index in [-0.39, 0.29) is 12.0 Å². The maximum absolute atomic E-state index is 11.3. The van der Waals surface area contributed by atoms with Crippen molar-refractivity contribution in [2.75, 3.05) is 6.61 Å². The van der Waals surface area contributed by atoms with E-state index in [1.807, 2.05) is 6.92 Å². The molecule has 0 aromatic carbocycles. The Morgan fingerprint density at radius 2 is 2.00 bits per heavy atom. The lowest BCUT2D eigenvalue weighted by Gasteiger charge is -2.24. The number of hydrogen-bond donors (Lipinski definition) is 1. The van der Waals surface area contributed by atoms with Crippen LogP contribution < -0.4 is 5.32 Å². The van der Waals surface area contributed by atoms with E-state index in [0.717, 1.165) is 5.92 Å². The van der Waals surface area contributed by atoms with Crippen LogP contribution in [0.4, 0.5) is 0 Å². The molecule has 94 valence electrons. The van der Waals surface area contributed by atoms with Gasteiger partial charge in [-0.15, -0.1) is 0 Å². The van der Waals surface area contributed by atoms with Gasteiger partial charge in [0.05, 0.1) is 13.0 Å². The Morgan fingerprint density at radius 3 is 2.56 bits per heavy atom. The first-order chi connectivity index (χ1) is 7.63. The Bertz CT molecular complexity index is 212. The van der Waals surface area contributed by atoms with Gasteiger partial charge in [0, 0.05) is 12.1 Å². The van der Waals surface area contributed by atoms with Crippen LogP contribution in [0.15, 0.2) is 0 Å². The second-order valence-corrected chi connectivity index (χ2v) is 4.91. The van der Waals surface area contributed by atoms with Crippen molar-refractivity contribution in [1.29, 1.82) is 0 Å². The van der Waals surface area contributed by atoms with E-state index in [1.165, 1.54) is 25.7 Å². The van der Waals surface area contributed by atoms with Crippen molar-refractivity contribution in [3.8, 4) is 0 Å². The maximum atomic E-state index is 11.3. The molecular weight excluding hydrogens is 202 g/mol. The average molecular weight is 227 g/mol. The summed E-state index contributed by atoms with van der Waals surface area (Å²) in [5, 5.41) is 3.51. The third-order valence-electron chi connectivity index (χ3n) is 3.43. The lowest BCUT2D eigenvalue weighted by atomic mass is 9.99. The van der Waals surface area contributed by atoms with E-state index in [2.05, 4.69) is 19.2 Å². The predicted octanol–water partition coefficient (Wildman–Crippen LogP) is 2.50. The molecule has 0 saturated heterocycles. The summed E-state index contributed by atoms with van der Waals surface area (Å²) in [6.07, 6.45) is 5.87. The molecule has 1 saturated carbocycles. The van der Waals surface area contributed by atoms with Crippen molar-refractivity contribution >= 4 is 5.97 Å². The Balaban J connectivity index is 2.21. The molecule has 0 radical (unpaired) electrons. The summed E-state index contributed by atoms with van der Waals surface area (Å²) in [4.78, 5) is 11.3. The molecule has 16 heavy (non-hydrogen) atoms. The van der Waals surface area contributed by atoms with Crippen LogP contribution in [0.5, 0.6) is 0 Å². The monoisotopic (exact) mass is 227 g/mol. The largest absolute Gasteiger partial charge is 0.466 e. The molecule has 2 atom stereocenters. The third kappa shape index (κ3) is 4.52. The quantitative estimate of drug-likeness (QED) is 0.708. The first-order valence-corrected chi connectivity index (χ1v) is 6.55. The van der Waals surface area contributed by atoms with Crippen molar-refractivity contribution in [1.82, 2.24) is 5.32 Å². The van der Waals surface area contributed by atoms with Gasteiger partial charge in [-0.3, -0.25) is 4.79 Å². The van der Waals surface area contributed by atoms with Crippen molar-refractivity contribution in [2.45, 2.75) is 65.0 Å². The highest BCUT2D eigenvalue weighted by atomic mass is 16.5. The molecular formula is C13H25NO2. The van der Waals surface area contributed by atoms with Gasteiger partial charge in [-0.1, -0.05) is 12.8 Å². The minimum Gasteiger partial charge on any atom is -0.466 e. The number of hydrogen-bond acceptors (Lipinski definition) is 3. The number of esters is 1. The second kappa shape index (κ2) is 6.89. The van der Waals surface area contributed by atoms with Gasteiger partial charge in [-0.05, 0) is 39.5 Å². The lowest BCUT2D eigenvalue weighted by Crippen LogP contribution is -2.40. The van der Waals surface area contributed by atoms with Gasteiger partial charge < -0.3 is 10.1 Å². The molecule has 1 unspecified atom stereocenters. The third-order valence-corrected chi connectivity index (χ3v) is 3.43. The summed E-state index contributed by atoms with van der Waals surface area (Å²) in [6, 6.07) is 0.738. The summed E-state index contributed by atoms with van der Waals surface area (Å²) >= 11 is 0. The standard InChI is InChI=1S/C13H25NO2/c1-4-16-13(15)9-10(2)14-11(3)12-7-5-6-8-12/h10-12,14H,4-9H2,1-3H3/t10?,11-/m1/s1.